The van der Waals surface area contributed by atoms with Crippen molar-refractivity contribution in [1.29, 1.82) is 0 Å². The second-order valence-electron chi connectivity index (χ2n) is 4.09. The summed E-state index contributed by atoms with van der Waals surface area (Å²) in [5, 5.41) is 4.29. The summed E-state index contributed by atoms with van der Waals surface area (Å²) < 4.78 is 13.2. The standard InChI is InChI=1S/C13H14ClFN2S/c1-7-8(2)18-13(17-7)12(16-3)9-4-5-11(15)10(14)6-9/h4-6,12,16H,1-3H3. The van der Waals surface area contributed by atoms with Gasteiger partial charge in [0.15, 0.2) is 0 Å². The van der Waals surface area contributed by atoms with Crippen LogP contribution in [0.15, 0.2) is 18.2 Å². The largest absolute Gasteiger partial charge is 0.307 e. The highest BCUT2D eigenvalue weighted by atomic mass is 35.5. The molecule has 0 amide bonds. The lowest BCUT2D eigenvalue weighted by molar-refractivity contribution is 0.623. The van der Waals surface area contributed by atoms with E-state index in [2.05, 4.69) is 10.3 Å². The van der Waals surface area contributed by atoms with E-state index in [4.69, 9.17) is 11.6 Å². The lowest BCUT2D eigenvalue weighted by Gasteiger charge is -2.14. The Morgan fingerprint density at radius 3 is 2.61 bits per heavy atom. The third-order valence-electron chi connectivity index (χ3n) is 2.86. The SMILES string of the molecule is CNC(c1ccc(F)c(Cl)c1)c1nc(C)c(C)s1. The Morgan fingerprint density at radius 1 is 1.39 bits per heavy atom. The summed E-state index contributed by atoms with van der Waals surface area (Å²) in [6.45, 7) is 4.03. The normalized spacial score (nSPS) is 12.7. The van der Waals surface area contributed by atoms with Crippen LogP contribution in [0.2, 0.25) is 5.02 Å². The van der Waals surface area contributed by atoms with Crippen LogP contribution in [0.5, 0.6) is 0 Å². The van der Waals surface area contributed by atoms with Crippen molar-refractivity contribution in [2.75, 3.05) is 7.05 Å². The van der Waals surface area contributed by atoms with Crippen LogP contribution < -0.4 is 5.32 Å². The summed E-state index contributed by atoms with van der Waals surface area (Å²) >= 11 is 7.46. The van der Waals surface area contributed by atoms with Crippen LogP contribution in [0.25, 0.3) is 0 Å². The van der Waals surface area contributed by atoms with E-state index in [0.717, 1.165) is 16.3 Å². The molecule has 0 aliphatic heterocycles. The van der Waals surface area contributed by atoms with Crippen molar-refractivity contribution in [2.45, 2.75) is 19.9 Å². The first-order valence-electron chi connectivity index (χ1n) is 5.59. The van der Waals surface area contributed by atoms with Crippen molar-refractivity contribution in [3.8, 4) is 0 Å². The van der Waals surface area contributed by atoms with E-state index < -0.39 is 5.82 Å². The maximum atomic E-state index is 13.2. The predicted molar refractivity (Wildman–Crippen MR) is 73.9 cm³/mol. The number of hydrogen-bond acceptors (Lipinski definition) is 3. The van der Waals surface area contributed by atoms with Gasteiger partial charge in [0, 0.05) is 4.88 Å². The molecule has 0 saturated carbocycles. The Morgan fingerprint density at radius 2 is 2.11 bits per heavy atom. The van der Waals surface area contributed by atoms with Gasteiger partial charge in [0.05, 0.1) is 16.8 Å². The van der Waals surface area contributed by atoms with Crippen LogP contribution in [0.4, 0.5) is 4.39 Å². The maximum absolute atomic E-state index is 13.2. The summed E-state index contributed by atoms with van der Waals surface area (Å²) in [7, 11) is 1.86. The highest BCUT2D eigenvalue weighted by molar-refractivity contribution is 7.11. The second-order valence-corrected chi connectivity index (χ2v) is 5.73. The first kappa shape index (κ1) is 13.5. The number of nitrogens with one attached hydrogen (secondary N) is 1. The quantitative estimate of drug-likeness (QED) is 0.926. The number of aryl methyl sites for hydroxylation is 2. The number of hydrogen-bond donors (Lipinski definition) is 1. The average Bonchev–Trinajstić information content (AvgIpc) is 2.65. The van der Waals surface area contributed by atoms with Crippen molar-refractivity contribution in [3.05, 3.63) is 50.2 Å². The van der Waals surface area contributed by atoms with Crippen molar-refractivity contribution in [1.82, 2.24) is 10.3 Å². The van der Waals surface area contributed by atoms with Crippen LogP contribution in [0.1, 0.15) is 27.2 Å². The number of aromatic nitrogens is 1. The number of halogens is 2. The molecule has 0 aliphatic carbocycles. The molecule has 0 saturated heterocycles. The van der Waals surface area contributed by atoms with Crippen LogP contribution in [-0.2, 0) is 0 Å². The van der Waals surface area contributed by atoms with Crippen LogP contribution in [-0.4, -0.2) is 12.0 Å². The Bertz CT molecular complexity index is 549. The van der Waals surface area contributed by atoms with E-state index in [9.17, 15) is 4.39 Å². The van der Waals surface area contributed by atoms with Gasteiger partial charge in [-0.1, -0.05) is 17.7 Å². The molecule has 96 valence electrons. The summed E-state index contributed by atoms with van der Waals surface area (Å²) in [5.74, 6) is -0.401. The number of benzene rings is 1. The molecule has 18 heavy (non-hydrogen) atoms. The highest BCUT2D eigenvalue weighted by Gasteiger charge is 2.18. The van der Waals surface area contributed by atoms with Gasteiger partial charge in [-0.3, -0.25) is 0 Å². The zero-order valence-electron chi connectivity index (χ0n) is 10.4. The molecule has 2 aromatic rings. The van der Waals surface area contributed by atoms with Crippen molar-refractivity contribution in [3.63, 3.8) is 0 Å². The summed E-state index contributed by atoms with van der Waals surface area (Å²) in [6, 6.07) is 4.70. The summed E-state index contributed by atoms with van der Waals surface area (Å²) in [5.41, 5.74) is 1.95. The van der Waals surface area contributed by atoms with Gasteiger partial charge in [-0.15, -0.1) is 11.3 Å². The van der Waals surface area contributed by atoms with Gasteiger partial charge in [0.1, 0.15) is 10.8 Å². The van der Waals surface area contributed by atoms with Gasteiger partial charge in [-0.2, -0.15) is 0 Å². The van der Waals surface area contributed by atoms with E-state index in [1.165, 1.54) is 10.9 Å². The molecule has 0 radical (unpaired) electrons. The van der Waals surface area contributed by atoms with E-state index in [-0.39, 0.29) is 11.1 Å². The molecule has 2 nitrogen and oxygen atoms in total. The summed E-state index contributed by atoms with van der Waals surface area (Å²) in [6.07, 6.45) is 0. The fraction of sp³-hybridized carbons (Fsp3) is 0.308. The Kier molecular flexibility index (Phi) is 4.00. The monoisotopic (exact) mass is 284 g/mol. The van der Waals surface area contributed by atoms with Gasteiger partial charge >= 0.3 is 0 Å². The first-order valence-corrected chi connectivity index (χ1v) is 6.78. The third-order valence-corrected chi connectivity index (χ3v) is 4.29. The number of thiazole rings is 1. The molecule has 1 aromatic carbocycles. The minimum Gasteiger partial charge on any atom is -0.307 e. The molecule has 0 fully saturated rings. The molecule has 1 N–H and O–H groups in total. The smallest absolute Gasteiger partial charge is 0.141 e. The van der Waals surface area contributed by atoms with Crippen molar-refractivity contribution >= 4 is 22.9 Å². The molecule has 1 atom stereocenters. The fourth-order valence-electron chi connectivity index (χ4n) is 1.75. The molecule has 5 heteroatoms. The molecule has 1 heterocycles. The Hall–Kier alpha value is -0.970. The van der Waals surface area contributed by atoms with E-state index >= 15 is 0 Å². The highest BCUT2D eigenvalue weighted by Crippen LogP contribution is 2.29. The van der Waals surface area contributed by atoms with Crippen molar-refractivity contribution < 1.29 is 4.39 Å². The zero-order valence-corrected chi connectivity index (χ0v) is 12.0. The average molecular weight is 285 g/mol. The summed E-state index contributed by atoms with van der Waals surface area (Å²) in [4.78, 5) is 5.72. The van der Waals surface area contributed by atoms with Crippen LogP contribution in [0.3, 0.4) is 0 Å². The fourth-order valence-corrected chi connectivity index (χ4v) is 3.00. The second kappa shape index (κ2) is 5.34. The number of rotatable bonds is 3. The van der Waals surface area contributed by atoms with Gasteiger partial charge in [-0.05, 0) is 38.6 Å². The first-order chi connectivity index (χ1) is 8.52. The Labute approximate surface area is 115 Å². The third kappa shape index (κ3) is 2.55. The van der Waals surface area contributed by atoms with Gasteiger partial charge in [-0.25, -0.2) is 9.37 Å². The lowest BCUT2D eigenvalue weighted by Crippen LogP contribution is -2.17. The molecule has 0 bridgehead atoms. The minimum atomic E-state index is -0.401. The van der Waals surface area contributed by atoms with Crippen LogP contribution >= 0.6 is 22.9 Å². The molecule has 1 unspecified atom stereocenters. The molecular formula is C13H14ClFN2S. The maximum Gasteiger partial charge on any atom is 0.141 e. The molecular weight excluding hydrogens is 271 g/mol. The Balaban J connectivity index is 2.41. The topological polar surface area (TPSA) is 24.9 Å². The van der Waals surface area contributed by atoms with E-state index in [1.54, 1.807) is 23.5 Å². The van der Waals surface area contributed by atoms with E-state index in [1.807, 2.05) is 20.9 Å². The molecule has 0 spiro atoms. The lowest BCUT2D eigenvalue weighted by atomic mass is 10.1. The van der Waals surface area contributed by atoms with Gasteiger partial charge in [0.25, 0.3) is 0 Å². The van der Waals surface area contributed by atoms with E-state index in [0.29, 0.717) is 0 Å². The minimum absolute atomic E-state index is 0.0551. The van der Waals surface area contributed by atoms with Gasteiger partial charge in [0.2, 0.25) is 0 Å². The van der Waals surface area contributed by atoms with Crippen LogP contribution in [0, 0.1) is 19.7 Å². The number of nitrogens with zero attached hydrogens (tertiary/aromatic N) is 1. The molecule has 1 aromatic heterocycles. The zero-order chi connectivity index (χ0) is 13.3. The van der Waals surface area contributed by atoms with Crippen molar-refractivity contribution in [2.24, 2.45) is 0 Å². The predicted octanol–water partition coefficient (Wildman–Crippen LogP) is 3.86. The molecule has 2 rings (SSSR count). The molecule has 0 aliphatic rings. The van der Waals surface area contributed by atoms with Gasteiger partial charge < -0.3 is 5.32 Å².